The Hall–Kier alpha value is -1.36. The maximum atomic E-state index is 10.4. The molecule has 54 valence electrons. The van der Waals surface area contributed by atoms with Crippen LogP contribution in [0.1, 0.15) is 0 Å². The lowest BCUT2D eigenvalue weighted by atomic mass is 10.3. The van der Waals surface area contributed by atoms with E-state index >= 15 is 0 Å². The minimum Gasteiger partial charge on any atom is -0.368 e. The first-order valence-electron chi connectivity index (χ1n) is 2.68. The number of nitrogens with zero attached hydrogens (tertiary/aromatic N) is 1. The molecule has 1 unspecified atom stereocenters. The van der Waals surface area contributed by atoms with E-state index in [-0.39, 0.29) is 5.71 Å². The molecule has 1 aliphatic heterocycles. The van der Waals surface area contributed by atoms with Gasteiger partial charge in [-0.3, -0.25) is 4.79 Å². The molecule has 0 fully saturated rings. The molecule has 0 saturated heterocycles. The summed E-state index contributed by atoms with van der Waals surface area (Å²) in [6.07, 6.45) is 1.71. The molecule has 1 amide bonds. The molecule has 0 aromatic carbocycles. The average molecular weight is 141 g/mol. The Balaban J connectivity index is 2.80. The largest absolute Gasteiger partial charge is 0.368 e. The second kappa shape index (κ2) is 2.49. The van der Waals surface area contributed by atoms with Crippen molar-refractivity contribution in [1.29, 1.82) is 0 Å². The van der Waals surface area contributed by atoms with Crippen molar-refractivity contribution in [2.75, 3.05) is 0 Å². The van der Waals surface area contributed by atoms with Gasteiger partial charge >= 0.3 is 0 Å². The lowest BCUT2D eigenvalue weighted by Gasteiger charge is -2.12. The van der Waals surface area contributed by atoms with Crippen LogP contribution in [-0.2, 0) is 4.79 Å². The maximum absolute atomic E-state index is 10.4. The number of carbonyl (C=O) groups excluding carboxylic acids is 1. The fraction of sp³-hybridized carbons (Fsp3) is 0.200. The van der Waals surface area contributed by atoms with Gasteiger partial charge in [0.05, 0.1) is 0 Å². The predicted octanol–water partition coefficient (Wildman–Crippen LogP) is -1.69. The van der Waals surface area contributed by atoms with Gasteiger partial charge in [-0.05, 0) is 0 Å². The molecule has 10 heavy (non-hydrogen) atoms. The van der Waals surface area contributed by atoms with E-state index < -0.39 is 12.1 Å². The van der Waals surface area contributed by atoms with E-state index in [4.69, 9.17) is 10.8 Å². The van der Waals surface area contributed by atoms with Crippen molar-refractivity contribution < 1.29 is 9.90 Å². The molecule has 5 heteroatoms. The van der Waals surface area contributed by atoms with E-state index in [1.807, 2.05) is 0 Å². The fourth-order valence-electron chi connectivity index (χ4n) is 0.600. The number of aliphatic imine (C=N–C) groups is 1. The molecule has 1 rings (SSSR count). The number of carbonyl (C=O) groups is 1. The predicted molar refractivity (Wildman–Crippen MR) is 34.9 cm³/mol. The van der Waals surface area contributed by atoms with Crippen LogP contribution in [-0.4, -0.2) is 23.0 Å². The van der Waals surface area contributed by atoms with Crippen LogP contribution in [0.2, 0.25) is 0 Å². The Bertz CT molecular complexity index is 209. The third-order valence-electron chi connectivity index (χ3n) is 1.05. The second-order valence-electron chi connectivity index (χ2n) is 1.76. The van der Waals surface area contributed by atoms with Crippen LogP contribution in [0.25, 0.3) is 0 Å². The number of nitrogens with one attached hydrogen (secondary N) is 1. The van der Waals surface area contributed by atoms with Crippen molar-refractivity contribution in [2.45, 2.75) is 6.23 Å². The van der Waals surface area contributed by atoms with Crippen LogP contribution in [0.4, 0.5) is 0 Å². The lowest BCUT2D eigenvalue weighted by Crippen LogP contribution is -2.42. The van der Waals surface area contributed by atoms with Crippen molar-refractivity contribution in [3.8, 4) is 0 Å². The quantitative estimate of drug-likeness (QED) is 0.407. The number of nitrogens with two attached hydrogens (primary N) is 1. The van der Waals surface area contributed by atoms with Gasteiger partial charge in [0.15, 0.2) is 11.9 Å². The van der Waals surface area contributed by atoms with Crippen molar-refractivity contribution in [3.05, 3.63) is 12.4 Å². The van der Waals surface area contributed by atoms with Gasteiger partial charge in [-0.2, -0.15) is 0 Å². The van der Waals surface area contributed by atoms with Crippen LogP contribution < -0.4 is 11.1 Å². The van der Waals surface area contributed by atoms with E-state index in [1.165, 1.54) is 12.4 Å². The van der Waals surface area contributed by atoms with E-state index in [1.54, 1.807) is 0 Å². The summed E-state index contributed by atoms with van der Waals surface area (Å²) in [5.41, 5.74) is 4.79. The van der Waals surface area contributed by atoms with Crippen LogP contribution in [0.5, 0.6) is 0 Å². The van der Waals surface area contributed by atoms with Crippen molar-refractivity contribution >= 4 is 11.6 Å². The number of amides is 1. The lowest BCUT2D eigenvalue weighted by molar-refractivity contribution is -0.112. The molecular formula is C5H7N3O2. The first-order valence-corrected chi connectivity index (χ1v) is 2.68. The summed E-state index contributed by atoms with van der Waals surface area (Å²) >= 11 is 0. The van der Waals surface area contributed by atoms with Crippen LogP contribution in [0.3, 0.4) is 0 Å². The molecule has 1 aliphatic rings. The van der Waals surface area contributed by atoms with Crippen LogP contribution in [0, 0.1) is 0 Å². The monoisotopic (exact) mass is 141 g/mol. The molecular weight excluding hydrogens is 134 g/mol. The normalized spacial score (nSPS) is 23.3. The summed E-state index contributed by atoms with van der Waals surface area (Å²) in [6, 6.07) is 0. The summed E-state index contributed by atoms with van der Waals surface area (Å²) < 4.78 is 0. The van der Waals surface area contributed by atoms with E-state index in [9.17, 15) is 4.79 Å². The minimum atomic E-state index is -1.07. The highest BCUT2D eigenvalue weighted by Gasteiger charge is 2.17. The fourth-order valence-corrected chi connectivity index (χ4v) is 0.600. The number of rotatable bonds is 1. The van der Waals surface area contributed by atoms with Crippen LogP contribution in [0.15, 0.2) is 17.4 Å². The molecule has 1 heterocycles. The standard InChI is InChI=1S/C5H7N3O2/c6-4(9)3-5(10)8-2-1-7-3/h1-2,5,8,10H,(H2,6,9). The number of hydrogen-bond donors (Lipinski definition) is 3. The van der Waals surface area contributed by atoms with Crippen LogP contribution >= 0.6 is 0 Å². The van der Waals surface area contributed by atoms with Gasteiger partial charge < -0.3 is 16.2 Å². The molecule has 5 nitrogen and oxygen atoms in total. The highest BCUT2D eigenvalue weighted by Crippen LogP contribution is 1.92. The topological polar surface area (TPSA) is 87.7 Å². The molecule has 4 N–H and O–H groups in total. The number of aliphatic hydroxyl groups is 1. The highest BCUT2D eigenvalue weighted by atomic mass is 16.3. The Morgan fingerprint density at radius 3 is 3.00 bits per heavy atom. The minimum absolute atomic E-state index is 0.0671. The number of primary amides is 1. The Morgan fingerprint density at radius 2 is 2.60 bits per heavy atom. The Labute approximate surface area is 57.2 Å². The summed E-state index contributed by atoms with van der Waals surface area (Å²) in [5.74, 6) is -0.718. The Morgan fingerprint density at radius 1 is 1.90 bits per heavy atom. The highest BCUT2D eigenvalue weighted by molar-refractivity contribution is 6.40. The smallest absolute Gasteiger partial charge is 0.267 e. The number of hydrogen-bond acceptors (Lipinski definition) is 4. The molecule has 0 aliphatic carbocycles. The van der Waals surface area contributed by atoms with Crippen molar-refractivity contribution in [1.82, 2.24) is 5.32 Å². The van der Waals surface area contributed by atoms with Gasteiger partial charge in [-0.1, -0.05) is 0 Å². The summed E-state index contributed by atoms with van der Waals surface area (Å²) in [7, 11) is 0. The zero-order valence-electron chi connectivity index (χ0n) is 5.11. The van der Waals surface area contributed by atoms with E-state index in [0.717, 1.165) is 0 Å². The average Bonchev–Trinajstić information content (AvgIpc) is 1.88. The van der Waals surface area contributed by atoms with Gasteiger partial charge in [-0.25, -0.2) is 4.99 Å². The maximum Gasteiger partial charge on any atom is 0.267 e. The molecule has 0 saturated carbocycles. The Kier molecular flexibility index (Phi) is 1.68. The third-order valence-corrected chi connectivity index (χ3v) is 1.05. The zero-order chi connectivity index (χ0) is 7.56. The molecule has 0 aromatic heterocycles. The van der Waals surface area contributed by atoms with Gasteiger partial charge in [0.2, 0.25) is 0 Å². The first-order chi connectivity index (χ1) is 4.72. The van der Waals surface area contributed by atoms with Gasteiger partial charge in [0.25, 0.3) is 5.91 Å². The van der Waals surface area contributed by atoms with Gasteiger partial charge in [0.1, 0.15) is 0 Å². The SMILES string of the molecule is NC(=O)C1=NC=CNC1O. The summed E-state index contributed by atoms with van der Waals surface area (Å²) in [5, 5.41) is 11.4. The summed E-state index contributed by atoms with van der Waals surface area (Å²) in [4.78, 5) is 14.0. The van der Waals surface area contributed by atoms with Crippen molar-refractivity contribution in [3.63, 3.8) is 0 Å². The molecule has 0 bridgehead atoms. The zero-order valence-corrected chi connectivity index (χ0v) is 5.11. The molecule has 0 aromatic rings. The first kappa shape index (κ1) is 6.76. The van der Waals surface area contributed by atoms with Gasteiger partial charge in [0, 0.05) is 12.4 Å². The number of aliphatic hydroxyl groups excluding tert-OH is 1. The molecule has 0 spiro atoms. The molecule has 1 atom stereocenters. The van der Waals surface area contributed by atoms with E-state index in [0.29, 0.717) is 0 Å². The molecule has 0 radical (unpaired) electrons. The van der Waals surface area contributed by atoms with E-state index in [2.05, 4.69) is 10.3 Å². The third kappa shape index (κ3) is 1.14. The van der Waals surface area contributed by atoms with Crippen molar-refractivity contribution in [2.24, 2.45) is 10.7 Å². The van der Waals surface area contributed by atoms with Gasteiger partial charge in [-0.15, -0.1) is 0 Å². The second-order valence-corrected chi connectivity index (χ2v) is 1.76. The summed E-state index contributed by atoms with van der Waals surface area (Å²) in [6.45, 7) is 0.